The van der Waals surface area contributed by atoms with Crippen LogP contribution in [0, 0.1) is 17.0 Å². The molecule has 1 atom stereocenters. The number of nitrogens with one attached hydrogen (secondary N) is 2. The van der Waals surface area contributed by atoms with Gasteiger partial charge in [0.25, 0.3) is 5.69 Å². The molecule has 0 saturated heterocycles. The van der Waals surface area contributed by atoms with Gasteiger partial charge in [-0.3, -0.25) is 10.1 Å². The Morgan fingerprint density at radius 2 is 2.18 bits per heavy atom. The van der Waals surface area contributed by atoms with Crippen LogP contribution in [-0.4, -0.2) is 22.6 Å². The third-order valence-corrected chi connectivity index (χ3v) is 3.08. The zero-order valence-electron chi connectivity index (χ0n) is 11.8. The Bertz CT molecular complexity index is 669. The summed E-state index contributed by atoms with van der Waals surface area (Å²) in [5, 5.41) is 25.6. The number of nitro benzene ring substituents is 1. The summed E-state index contributed by atoms with van der Waals surface area (Å²) in [7, 11) is 0. The second-order valence-corrected chi connectivity index (χ2v) is 4.57. The molecular weight excluding hydrogens is 290 g/mol. The van der Waals surface area contributed by atoms with Gasteiger partial charge in [-0.15, -0.1) is 0 Å². The van der Waals surface area contributed by atoms with E-state index in [2.05, 4.69) is 10.6 Å². The van der Waals surface area contributed by atoms with Gasteiger partial charge in [0, 0.05) is 6.07 Å². The lowest BCUT2D eigenvalue weighted by molar-refractivity contribution is -0.385. The van der Waals surface area contributed by atoms with E-state index in [1.54, 1.807) is 25.1 Å². The molecule has 2 amide bonds. The number of nitro groups is 1. The molecule has 0 bridgehead atoms. The number of rotatable bonds is 5. The van der Waals surface area contributed by atoms with Gasteiger partial charge >= 0.3 is 6.03 Å². The number of aliphatic hydroxyl groups is 1. The van der Waals surface area contributed by atoms with Gasteiger partial charge in [-0.2, -0.15) is 0 Å². The van der Waals surface area contributed by atoms with Crippen molar-refractivity contribution in [2.75, 3.05) is 11.9 Å². The number of urea groups is 1. The van der Waals surface area contributed by atoms with Gasteiger partial charge in [0.1, 0.15) is 11.9 Å². The zero-order valence-corrected chi connectivity index (χ0v) is 11.8. The molecular formula is C14H15N3O5. The summed E-state index contributed by atoms with van der Waals surface area (Å²) in [6, 6.07) is 7.05. The van der Waals surface area contributed by atoms with Crippen LogP contribution in [0.25, 0.3) is 0 Å². The molecule has 8 nitrogen and oxygen atoms in total. The molecule has 1 unspecified atom stereocenters. The molecule has 22 heavy (non-hydrogen) atoms. The van der Waals surface area contributed by atoms with Crippen LogP contribution in [0.3, 0.4) is 0 Å². The first-order valence-electron chi connectivity index (χ1n) is 6.49. The number of carbonyl (C=O) groups excluding carboxylic acids is 1. The maximum Gasteiger partial charge on any atom is 0.319 e. The zero-order chi connectivity index (χ0) is 16.1. The van der Waals surface area contributed by atoms with Gasteiger partial charge in [-0.05, 0) is 25.1 Å². The summed E-state index contributed by atoms with van der Waals surface area (Å²) in [4.78, 5) is 22.1. The number of furan rings is 1. The smallest absolute Gasteiger partial charge is 0.319 e. The van der Waals surface area contributed by atoms with Gasteiger partial charge in [0.05, 0.1) is 29.0 Å². The predicted octanol–water partition coefficient (Wildman–Crippen LogP) is 2.35. The molecule has 3 N–H and O–H groups in total. The molecule has 1 heterocycles. The Kier molecular flexibility index (Phi) is 4.74. The van der Waals surface area contributed by atoms with E-state index in [1.807, 2.05) is 0 Å². The van der Waals surface area contributed by atoms with Crippen LogP contribution in [0.2, 0.25) is 0 Å². The quantitative estimate of drug-likeness (QED) is 0.579. The number of amides is 2. The van der Waals surface area contributed by atoms with Crippen molar-refractivity contribution in [1.29, 1.82) is 0 Å². The fourth-order valence-electron chi connectivity index (χ4n) is 1.89. The number of benzene rings is 1. The predicted molar refractivity (Wildman–Crippen MR) is 78.5 cm³/mol. The molecule has 1 aromatic carbocycles. The third kappa shape index (κ3) is 3.61. The second kappa shape index (κ2) is 6.72. The minimum Gasteiger partial charge on any atom is -0.467 e. The largest absolute Gasteiger partial charge is 0.467 e. The Hall–Kier alpha value is -2.87. The van der Waals surface area contributed by atoms with E-state index < -0.39 is 17.1 Å². The van der Waals surface area contributed by atoms with Crippen molar-refractivity contribution >= 4 is 17.4 Å². The van der Waals surface area contributed by atoms with E-state index >= 15 is 0 Å². The molecule has 0 saturated carbocycles. The highest BCUT2D eigenvalue weighted by Gasteiger charge is 2.16. The molecule has 116 valence electrons. The van der Waals surface area contributed by atoms with Crippen LogP contribution in [0.4, 0.5) is 16.2 Å². The molecule has 0 aliphatic carbocycles. The van der Waals surface area contributed by atoms with Crippen LogP contribution in [-0.2, 0) is 0 Å². The summed E-state index contributed by atoms with van der Waals surface area (Å²) in [5.41, 5.74) is 0.613. The number of aliphatic hydroxyl groups excluding tert-OH is 1. The second-order valence-electron chi connectivity index (χ2n) is 4.57. The fraction of sp³-hybridized carbons (Fsp3) is 0.214. The maximum absolute atomic E-state index is 11.8. The number of hydrogen-bond donors (Lipinski definition) is 3. The van der Waals surface area contributed by atoms with Crippen molar-refractivity contribution in [3.63, 3.8) is 0 Å². The highest BCUT2D eigenvalue weighted by atomic mass is 16.6. The van der Waals surface area contributed by atoms with Gasteiger partial charge in [-0.1, -0.05) is 6.07 Å². The molecule has 0 aliphatic rings. The number of carbonyl (C=O) groups is 1. The van der Waals surface area contributed by atoms with Crippen molar-refractivity contribution in [2.45, 2.75) is 13.0 Å². The Morgan fingerprint density at radius 1 is 1.41 bits per heavy atom. The summed E-state index contributed by atoms with van der Waals surface area (Å²) >= 11 is 0. The lowest BCUT2D eigenvalue weighted by Gasteiger charge is -2.12. The Morgan fingerprint density at radius 3 is 2.82 bits per heavy atom. The Labute approximate surface area is 125 Å². The molecule has 0 aliphatic heterocycles. The highest BCUT2D eigenvalue weighted by Crippen LogP contribution is 2.24. The van der Waals surface area contributed by atoms with Crippen molar-refractivity contribution in [2.24, 2.45) is 0 Å². The molecule has 0 spiro atoms. The summed E-state index contributed by atoms with van der Waals surface area (Å²) < 4.78 is 5.01. The van der Waals surface area contributed by atoms with Crippen LogP contribution in [0.1, 0.15) is 17.4 Å². The average Bonchev–Trinajstić information content (AvgIpc) is 3.01. The van der Waals surface area contributed by atoms with E-state index in [1.165, 1.54) is 18.4 Å². The topological polar surface area (TPSA) is 118 Å². The summed E-state index contributed by atoms with van der Waals surface area (Å²) in [6.45, 7) is 1.50. The Balaban J connectivity index is 1.95. The molecule has 2 aromatic rings. The fourth-order valence-corrected chi connectivity index (χ4v) is 1.89. The van der Waals surface area contributed by atoms with Crippen molar-refractivity contribution in [1.82, 2.24) is 5.32 Å². The molecule has 1 aromatic heterocycles. The van der Waals surface area contributed by atoms with Crippen LogP contribution in [0.15, 0.2) is 41.0 Å². The summed E-state index contributed by atoms with van der Waals surface area (Å²) in [5.74, 6) is 0.340. The van der Waals surface area contributed by atoms with Crippen molar-refractivity contribution in [3.8, 4) is 0 Å². The first kappa shape index (κ1) is 15.5. The standard InChI is InChI=1S/C14H15N3O5/c1-9-10(4-2-5-11(9)17(20)21)16-14(19)15-8-12(18)13-6-3-7-22-13/h2-7,12,18H,8H2,1H3,(H2,15,16,19). The first-order chi connectivity index (χ1) is 10.5. The molecule has 0 fully saturated rings. The van der Waals surface area contributed by atoms with Gasteiger partial charge in [-0.25, -0.2) is 4.79 Å². The van der Waals surface area contributed by atoms with E-state index in [4.69, 9.17) is 4.42 Å². The van der Waals surface area contributed by atoms with E-state index in [9.17, 15) is 20.0 Å². The molecule has 8 heteroatoms. The molecule has 2 rings (SSSR count). The number of nitrogens with zero attached hydrogens (tertiary/aromatic N) is 1. The SMILES string of the molecule is Cc1c(NC(=O)NCC(O)c2ccco2)cccc1[N+](=O)[O-]. The lowest BCUT2D eigenvalue weighted by atomic mass is 10.1. The van der Waals surface area contributed by atoms with Gasteiger partial charge < -0.3 is 20.2 Å². The third-order valence-electron chi connectivity index (χ3n) is 3.08. The normalized spacial score (nSPS) is 11.7. The van der Waals surface area contributed by atoms with Crippen LogP contribution in [0.5, 0.6) is 0 Å². The van der Waals surface area contributed by atoms with E-state index in [-0.39, 0.29) is 12.2 Å². The van der Waals surface area contributed by atoms with Gasteiger partial charge in [0.15, 0.2) is 0 Å². The monoisotopic (exact) mass is 305 g/mol. The van der Waals surface area contributed by atoms with E-state index in [0.717, 1.165) is 0 Å². The minimum absolute atomic E-state index is 0.0483. The number of hydrogen-bond acceptors (Lipinski definition) is 5. The first-order valence-corrected chi connectivity index (χ1v) is 6.49. The lowest BCUT2D eigenvalue weighted by Crippen LogP contribution is -2.32. The van der Waals surface area contributed by atoms with E-state index in [0.29, 0.717) is 17.0 Å². The summed E-state index contributed by atoms with van der Waals surface area (Å²) in [6.07, 6.45) is 0.456. The maximum atomic E-state index is 11.8. The van der Waals surface area contributed by atoms with Crippen molar-refractivity contribution in [3.05, 3.63) is 58.0 Å². The minimum atomic E-state index is -0.966. The molecule has 0 radical (unpaired) electrons. The van der Waals surface area contributed by atoms with Crippen molar-refractivity contribution < 1.29 is 19.2 Å². The van der Waals surface area contributed by atoms with Crippen LogP contribution >= 0.6 is 0 Å². The number of anilines is 1. The average molecular weight is 305 g/mol. The van der Waals surface area contributed by atoms with Gasteiger partial charge in [0.2, 0.25) is 0 Å². The van der Waals surface area contributed by atoms with Crippen LogP contribution < -0.4 is 10.6 Å². The highest BCUT2D eigenvalue weighted by molar-refractivity contribution is 5.90.